The van der Waals surface area contributed by atoms with Gasteiger partial charge in [-0.3, -0.25) is 0 Å². The fraction of sp³-hybridized carbons (Fsp3) is 0.167. The summed E-state index contributed by atoms with van der Waals surface area (Å²) in [5, 5.41) is 0. The molecule has 0 saturated carbocycles. The lowest BCUT2D eigenvalue weighted by Crippen LogP contribution is -1.76. The highest BCUT2D eigenvalue weighted by atomic mass is 14.0. The largest absolute Gasteiger partial charge is 0.0912 e. The molecule has 0 aliphatic heterocycles. The fourth-order valence-electron chi connectivity index (χ4n) is 1.01. The molecular weight excluding hydrogens is 144 g/mol. The summed E-state index contributed by atoms with van der Waals surface area (Å²) in [4.78, 5) is 0. The smallest absolute Gasteiger partial charge is 0.0190 e. The van der Waals surface area contributed by atoms with Crippen molar-refractivity contribution in [3.05, 3.63) is 54.6 Å². The first-order valence-electron chi connectivity index (χ1n) is 4.25. The van der Waals surface area contributed by atoms with Gasteiger partial charge in [0.25, 0.3) is 0 Å². The molecule has 1 aromatic rings. The first kappa shape index (κ1) is 8.79. The number of hydrogen-bond donors (Lipinski definition) is 0. The monoisotopic (exact) mass is 158 g/mol. The molecular formula is C12H14. The average Bonchev–Trinajstić information content (AvgIpc) is 2.15. The first-order valence-corrected chi connectivity index (χ1v) is 4.25. The average molecular weight is 158 g/mol. The first-order chi connectivity index (χ1) is 5.84. The lowest BCUT2D eigenvalue weighted by molar-refractivity contribution is 1.23. The molecule has 0 spiro atoms. The van der Waals surface area contributed by atoms with E-state index in [9.17, 15) is 0 Å². The van der Waals surface area contributed by atoms with Crippen LogP contribution in [-0.4, -0.2) is 0 Å². The van der Waals surface area contributed by atoms with E-state index < -0.39 is 0 Å². The van der Waals surface area contributed by atoms with Crippen LogP contribution in [0.25, 0.3) is 5.57 Å². The lowest BCUT2D eigenvalue weighted by atomic mass is 10.1. The van der Waals surface area contributed by atoms with Gasteiger partial charge in [-0.15, -0.1) is 0 Å². The minimum absolute atomic E-state index is 1.06. The predicted molar refractivity (Wildman–Crippen MR) is 54.9 cm³/mol. The second kappa shape index (κ2) is 4.55. The quantitative estimate of drug-likeness (QED) is 0.589. The van der Waals surface area contributed by atoms with Crippen molar-refractivity contribution in [3.63, 3.8) is 0 Å². The molecule has 0 amide bonds. The van der Waals surface area contributed by atoms with Gasteiger partial charge in [-0.25, -0.2) is 0 Å². The summed E-state index contributed by atoms with van der Waals surface area (Å²) in [6.45, 7) is 6.10. The van der Waals surface area contributed by atoms with Crippen LogP contribution in [0.3, 0.4) is 0 Å². The van der Waals surface area contributed by atoms with Crippen molar-refractivity contribution in [2.75, 3.05) is 0 Å². The van der Waals surface area contributed by atoms with Crippen molar-refractivity contribution in [3.8, 4) is 0 Å². The number of hydrogen-bond acceptors (Lipinski definition) is 0. The van der Waals surface area contributed by atoms with E-state index in [1.54, 1.807) is 0 Å². The van der Waals surface area contributed by atoms with E-state index in [-0.39, 0.29) is 0 Å². The molecule has 0 aromatic heterocycles. The van der Waals surface area contributed by atoms with Crippen molar-refractivity contribution in [2.24, 2.45) is 0 Å². The Balaban J connectivity index is 2.72. The summed E-state index contributed by atoms with van der Waals surface area (Å²) in [5.41, 5.74) is 2.28. The van der Waals surface area contributed by atoms with Crippen molar-refractivity contribution in [1.82, 2.24) is 0 Å². The van der Waals surface area contributed by atoms with E-state index in [1.165, 1.54) is 5.56 Å². The van der Waals surface area contributed by atoms with Crippen LogP contribution in [0, 0.1) is 0 Å². The Labute approximate surface area is 74.2 Å². The Morgan fingerprint density at radius 1 is 1.33 bits per heavy atom. The molecule has 0 bridgehead atoms. The molecule has 0 heteroatoms. The fourth-order valence-corrected chi connectivity index (χ4v) is 1.01. The van der Waals surface area contributed by atoms with Crippen LogP contribution in [0.2, 0.25) is 0 Å². The standard InChI is InChI=1S/C12H14/c1-3-4-8-11(2)12-9-6-5-7-10-12/h4-10H,2-3H2,1H3/b8-4-. The SMILES string of the molecule is C=C(/C=C\CC)c1ccccc1. The topological polar surface area (TPSA) is 0 Å². The molecule has 12 heavy (non-hydrogen) atoms. The summed E-state index contributed by atoms with van der Waals surface area (Å²) in [6, 6.07) is 10.2. The summed E-state index contributed by atoms with van der Waals surface area (Å²) in [7, 11) is 0. The maximum Gasteiger partial charge on any atom is -0.0190 e. The molecule has 0 aliphatic rings. The highest BCUT2D eigenvalue weighted by Crippen LogP contribution is 2.12. The molecule has 0 N–H and O–H groups in total. The summed E-state index contributed by atoms with van der Waals surface area (Å²) in [5.74, 6) is 0. The van der Waals surface area contributed by atoms with Crippen LogP contribution in [0.1, 0.15) is 18.9 Å². The third-order valence-corrected chi connectivity index (χ3v) is 1.70. The lowest BCUT2D eigenvalue weighted by Gasteiger charge is -1.97. The van der Waals surface area contributed by atoms with Gasteiger partial charge in [-0.2, -0.15) is 0 Å². The third-order valence-electron chi connectivity index (χ3n) is 1.70. The highest BCUT2D eigenvalue weighted by Gasteiger charge is 1.90. The number of benzene rings is 1. The van der Waals surface area contributed by atoms with Gasteiger partial charge in [0.05, 0.1) is 0 Å². The van der Waals surface area contributed by atoms with Gasteiger partial charge >= 0.3 is 0 Å². The summed E-state index contributed by atoms with van der Waals surface area (Å²) in [6.07, 6.45) is 5.25. The third kappa shape index (κ3) is 2.39. The van der Waals surface area contributed by atoms with E-state index in [4.69, 9.17) is 0 Å². The summed E-state index contributed by atoms with van der Waals surface area (Å²) >= 11 is 0. The van der Waals surface area contributed by atoms with E-state index in [2.05, 4.69) is 37.8 Å². The van der Waals surface area contributed by atoms with Crippen molar-refractivity contribution < 1.29 is 0 Å². The van der Waals surface area contributed by atoms with Crippen LogP contribution < -0.4 is 0 Å². The van der Waals surface area contributed by atoms with Gasteiger partial charge in [-0.1, -0.05) is 56.0 Å². The van der Waals surface area contributed by atoms with Crippen LogP contribution in [-0.2, 0) is 0 Å². The minimum atomic E-state index is 1.06. The molecule has 0 atom stereocenters. The minimum Gasteiger partial charge on any atom is -0.0912 e. The zero-order valence-corrected chi connectivity index (χ0v) is 7.46. The second-order valence-electron chi connectivity index (χ2n) is 2.70. The molecule has 0 saturated heterocycles. The zero-order valence-electron chi connectivity index (χ0n) is 7.46. The molecule has 0 radical (unpaired) electrons. The Kier molecular flexibility index (Phi) is 3.34. The Morgan fingerprint density at radius 3 is 2.58 bits per heavy atom. The second-order valence-corrected chi connectivity index (χ2v) is 2.70. The predicted octanol–water partition coefficient (Wildman–Crippen LogP) is 3.67. The molecule has 62 valence electrons. The molecule has 0 aliphatic carbocycles. The Morgan fingerprint density at radius 2 is 2.00 bits per heavy atom. The van der Waals surface area contributed by atoms with Gasteiger partial charge < -0.3 is 0 Å². The molecule has 0 fully saturated rings. The molecule has 1 rings (SSSR count). The normalized spacial score (nSPS) is 10.4. The summed E-state index contributed by atoms with van der Waals surface area (Å²) < 4.78 is 0. The Bertz CT molecular complexity index is 267. The van der Waals surface area contributed by atoms with Gasteiger partial charge in [0.15, 0.2) is 0 Å². The van der Waals surface area contributed by atoms with Crippen LogP contribution in [0.15, 0.2) is 49.1 Å². The van der Waals surface area contributed by atoms with Crippen LogP contribution in [0.5, 0.6) is 0 Å². The van der Waals surface area contributed by atoms with E-state index >= 15 is 0 Å². The van der Waals surface area contributed by atoms with Gasteiger partial charge in [0, 0.05) is 0 Å². The van der Waals surface area contributed by atoms with Crippen molar-refractivity contribution in [1.29, 1.82) is 0 Å². The Hall–Kier alpha value is -1.30. The molecule has 0 nitrogen and oxygen atoms in total. The maximum atomic E-state index is 3.98. The van der Waals surface area contributed by atoms with E-state index in [0.717, 1.165) is 12.0 Å². The van der Waals surface area contributed by atoms with E-state index in [0.29, 0.717) is 0 Å². The van der Waals surface area contributed by atoms with Gasteiger partial charge in [-0.05, 0) is 17.6 Å². The van der Waals surface area contributed by atoms with Crippen LogP contribution >= 0.6 is 0 Å². The van der Waals surface area contributed by atoms with E-state index in [1.807, 2.05) is 18.2 Å². The van der Waals surface area contributed by atoms with Gasteiger partial charge in [0.1, 0.15) is 0 Å². The van der Waals surface area contributed by atoms with Gasteiger partial charge in [0.2, 0.25) is 0 Å². The maximum absolute atomic E-state index is 3.98. The number of rotatable bonds is 3. The highest BCUT2D eigenvalue weighted by molar-refractivity contribution is 5.71. The molecule has 1 aromatic carbocycles. The van der Waals surface area contributed by atoms with Crippen molar-refractivity contribution >= 4 is 5.57 Å². The zero-order chi connectivity index (χ0) is 8.81. The molecule has 0 unspecified atom stereocenters. The molecule has 0 heterocycles. The van der Waals surface area contributed by atoms with Crippen molar-refractivity contribution in [2.45, 2.75) is 13.3 Å². The number of allylic oxidation sites excluding steroid dienone is 3. The van der Waals surface area contributed by atoms with Crippen LogP contribution in [0.4, 0.5) is 0 Å².